The molecule has 0 aliphatic rings. The molecule has 18 heavy (non-hydrogen) atoms. The molecule has 2 rings (SSSR count). The Hall–Kier alpha value is -1.94. The summed E-state index contributed by atoms with van der Waals surface area (Å²) in [5, 5.41) is 2.91. The summed E-state index contributed by atoms with van der Waals surface area (Å²) in [6.07, 6.45) is 1.49. The first-order valence-electron chi connectivity index (χ1n) is 5.44. The van der Waals surface area contributed by atoms with Gasteiger partial charge in [-0.25, -0.2) is 9.97 Å². The van der Waals surface area contributed by atoms with Crippen LogP contribution in [0.25, 0.3) is 0 Å². The van der Waals surface area contributed by atoms with Crippen molar-refractivity contribution in [1.29, 1.82) is 0 Å². The van der Waals surface area contributed by atoms with E-state index >= 15 is 0 Å². The average Bonchev–Trinajstić information content (AvgIpc) is 2.32. The van der Waals surface area contributed by atoms with Crippen LogP contribution in [-0.2, 0) is 0 Å². The van der Waals surface area contributed by atoms with Gasteiger partial charge in [-0.2, -0.15) is 0 Å². The summed E-state index contributed by atoms with van der Waals surface area (Å²) in [6, 6.07) is 7.12. The third kappa shape index (κ3) is 2.65. The zero-order valence-corrected chi connectivity index (χ0v) is 10.8. The Kier molecular flexibility index (Phi) is 3.58. The molecule has 2 aromatic rings. The van der Waals surface area contributed by atoms with Gasteiger partial charge >= 0.3 is 0 Å². The van der Waals surface area contributed by atoms with E-state index in [1.807, 2.05) is 26.0 Å². The molecule has 1 aromatic carbocycles. The van der Waals surface area contributed by atoms with Crippen molar-refractivity contribution >= 4 is 23.5 Å². The first kappa shape index (κ1) is 12.5. The molecular weight excluding hydrogens is 250 g/mol. The number of carbonyl (C=O) groups excluding carboxylic acids is 1. The van der Waals surface area contributed by atoms with Gasteiger partial charge in [0, 0.05) is 11.8 Å². The topological polar surface area (TPSA) is 54.9 Å². The second-order valence-corrected chi connectivity index (χ2v) is 4.29. The lowest BCUT2D eigenvalue weighted by atomic mass is 10.0. The van der Waals surface area contributed by atoms with Crippen LogP contribution in [0.15, 0.2) is 30.5 Å². The molecule has 0 aliphatic heterocycles. The van der Waals surface area contributed by atoms with E-state index in [9.17, 15) is 4.79 Å². The highest BCUT2D eigenvalue weighted by Gasteiger charge is 2.11. The van der Waals surface area contributed by atoms with Gasteiger partial charge < -0.3 is 0 Å². The lowest BCUT2D eigenvalue weighted by Crippen LogP contribution is -2.15. The fourth-order valence-electron chi connectivity index (χ4n) is 1.56. The van der Waals surface area contributed by atoms with Gasteiger partial charge in [-0.3, -0.25) is 10.1 Å². The molecule has 0 aliphatic carbocycles. The van der Waals surface area contributed by atoms with Gasteiger partial charge in [-0.1, -0.05) is 23.7 Å². The minimum Gasteiger partial charge on any atom is -0.290 e. The summed E-state index contributed by atoms with van der Waals surface area (Å²) < 4.78 is 0. The lowest BCUT2D eigenvalue weighted by Gasteiger charge is -2.08. The number of halogens is 1. The molecule has 1 heterocycles. The molecule has 1 aromatic heterocycles. The zero-order chi connectivity index (χ0) is 13.1. The summed E-state index contributed by atoms with van der Waals surface area (Å²) in [4.78, 5) is 19.9. The predicted octanol–water partition coefficient (Wildman–Crippen LogP) is 3.00. The number of nitrogens with zero attached hydrogens (tertiary/aromatic N) is 2. The molecule has 0 spiro atoms. The van der Waals surface area contributed by atoms with Crippen LogP contribution in [-0.4, -0.2) is 15.9 Å². The lowest BCUT2D eigenvalue weighted by molar-refractivity contribution is 0.102. The highest BCUT2D eigenvalue weighted by Crippen LogP contribution is 2.14. The van der Waals surface area contributed by atoms with Crippen LogP contribution >= 0.6 is 11.6 Å². The van der Waals surface area contributed by atoms with Gasteiger partial charge in [-0.15, -0.1) is 0 Å². The monoisotopic (exact) mass is 261 g/mol. The molecule has 0 fully saturated rings. The van der Waals surface area contributed by atoms with Crippen molar-refractivity contribution in [2.24, 2.45) is 0 Å². The number of nitrogens with one attached hydrogen (secondary N) is 1. The van der Waals surface area contributed by atoms with E-state index in [2.05, 4.69) is 15.3 Å². The predicted molar refractivity (Wildman–Crippen MR) is 70.9 cm³/mol. The largest absolute Gasteiger partial charge is 0.290 e. The molecule has 0 atom stereocenters. The zero-order valence-electron chi connectivity index (χ0n) is 10.1. The molecule has 92 valence electrons. The van der Waals surface area contributed by atoms with Crippen LogP contribution in [0.5, 0.6) is 0 Å². The van der Waals surface area contributed by atoms with Crippen LogP contribution in [0.3, 0.4) is 0 Å². The summed E-state index contributed by atoms with van der Waals surface area (Å²) in [5.41, 5.74) is 2.62. The Balaban J connectivity index is 2.25. The molecule has 0 saturated heterocycles. The number of hydrogen-bond donors (Lipinski definition) is 1. The quantitative estimate of drug-likeness (QED) is 0.846. The first-order valence-corrected chi connectivity index (χ1v) is 5.82. The summed E-state index contributed by atoms with van der Waals surface area (Å²) in [5.74, 6) is -0.0353. The number of benzene rings is 1. The maximum Gasteiger partial charge on any atom is 0.258 e. The second kappa shape index (κ2) is 5.14. The van der Waals surface area contributed by atoms with Crippen LogP contribution in [0.1, 0.15) is 21.5 Å². The van der Waals surface area contributed by atoms with Crippen molar-refractivity contribution in [1.82, 2.24) is 9.97 Å². The van der Waals surface area contributed by atoms with Crippen LogP contribution in [0.4, 0.5) is 5.95 Å². The third-order valence-electron chi connectivity index (χ3n) is 2.70. The number of hydrogen-bond acceptors (Lipinski definition) is 3. The minimum atomic E-state index is -0.238. The van der Waals surface area contributed by atoms with Gasteiger partial charge in [0.15, 0.2) is 0 Å². The summed E-state index contributed by atoms with van der Waals surface area (Å²) in [6.45, 7) is 3.87. The molecular formula is C13H12ClN3O. The van der Waals surface area contributed by atoms with Gasteiger partial charge in [0.1, 0.15) is 5.15 Å². The molecule has 1 amide bonds. The minimum absolute atomic E-state index is 0.202. The SMILES string of the molecule is Cc1cccc(C(=O)Nc2nccc(Cl)n2)c1C. The first-order chi connectivity index (χ1) is 8.58. The molecule has 0 unspecified atom stereocenters. The van der Waals surface area contributed by atoms with Gasteiger partial charge in [0.05, 0.1) is 0 Å². The number of anilines is 1. The van der Waals surface area contributed by atoms with E-state index in [1.54, 1.807) is 12.1 Å². The van der Waals surface area contributed by atoms with E-state index < -0.39 is 0 Å². The molecule has 4 nitrogen and oxygen atoms in total. The van der Waals surface area contributed by atoms with Gasteiger partial charge in [-0.05, 0) is 37.1 Å². The van der Waals surface area contributed by atoms with E-state index in [0.29, 0.717) is 10.7 Å². The number of aryl methyl sites for hydroxylation is 1. The average molecular weight is 262 g/mol. The molecule has 1 N–H and O–H groups in total. The van der Waals surface area contributed by atoms with Crippen molar-refractivity contribution in [3.8, 4) is 0 Å². The molecule has 0 radical (unpaired) electrons. The van der Waals surface area contributed by atoms with Crippen LogP contribution in [0.2, 0.25) is 5.15 Å². The molecule has 0 saturated carbocycles. The third-order valence-corrected chi connectivity index (χ3v) is 2.91. The number of carbonyl (C=O) groups is 1. The smallest absolute Gasteiger partial charge is 0.258 e. The molecule has 0 bridgehead atoms. The van der Waals surface area contributed by atoms with Crippen LogP contribution < -0.4 is 5.32 Å². The van der Waals surface area contributed by atoms with Crippen molar-refractivity contribution in [2.45, 2.75) is 13.8 Å². The standard InChI is InChI=1S/C13H12ClN3O/c1-8-4-3-5-10(9(8)2)12(18)17-13-15-7-6-11(14)16-13/h3-7H,1-2H3,(H,15,16,17,18). The van der Waals surface area contributed by atoms with E-state index in [-0.39, 0.29) is 11.9 Å². The Bertz CT molecular complexity index is 599. The van der Waals surface area contributed by atoms with E-state index in [1.165, 1.54) is 6.20 Å². The van der Waals surface area contributed by atoms with E-state index in [4.69, 9.17) is 11.6 Å². The van der Waals surface area contributed by atoms with Crippen molar-refractivity contribution in [2.75, 3.05) is 5.32 Å². The molecule has 5 heteroatoms. The van der Waals surface area contributed by atoms with Crippen molar-refractivity contribution in [3.63, 3.8) is 0 Å². The van der Waals surface area contributed by atoms with Gasteiger partial charge in [0.2, 0.25) is 5.95 Å². The Morgan fingerprint density at radius 3 is 2.78 bits per heavy atom. The number of amides is 1. The van der Waals surface area contributed by atoms with E-state index in [0.717, 1.165) is 11.1 Å². The maximum absolute atomic E-state index is 12.1. The fourth-order valence-corrected chi connectivity index (χ4v) is 1.70. The number of rotatable bonds is 2. The highest BCUT2D eigenvalue weighted by atomic mass is 35.5. The maximum atomic E-state index is 12.1. The Morgan fingerprint density at radius 1 is 1.28 bits per heavy atom. The normalized spacial score (nSPS) is 10.2. The highest BCUT2D eigenvalue weighted by molar-refractivity contribution is 6.29. The summed E-state index contributed by atoms with van der Waals surface area (Å²) >= 11 is 5.73. The van der Waals surface area contributed by atoms with Crippen molar-refractivity contribution in [3.05, 3.63) is 52.3 Å². The second-order valence-electron chi connectivity index (χ2n) is 3.90. The fraction of sp³-hybridized carbons (Fsp3) is 0.154. The van der Waals surface area contributed by atoms with Crippen molar-refractivity contribution < 1.29 is 4.79 Å². The van der Waals surface area contributed by atoms with Crippen LogP contribution in [0, 0.1) is 13.8 Å². The number of aromatic nitrogens is 2. The Morgan fingerprint density at radius 2 is 2.06 bits per heavy atom. The van der Waals surface area contributed by atoms with Gasteiger partial charge in [0.25, 0.3) is 5.91 Å². The summed E-state index contributed by atoms with van der Waals surface area (Å²) in [7, 11) is 0. The Labute approximate surface area is 110 Å².